The van der Waals surface area contributed by atoms with E-state index >= 15 is 0 Å². The van der Waals surface area contributed by atoms with Gasteiger partial charge >= 0.3 is 0 Å². The van der Waals surface area contributed by atoms with Crippen LogP contribution in [0, 0.1) is 0 Å². The van der Waals surface area contributed by atoms with E-state index in [1.54, 1.807) is 0 Å². The Labute approximate surface area is 131 Å². The molecule has 0 radical (unpaired) electrons. The van der Waals surface area contributed by atoms with E-state index in [2.05, 4.69) is 16.5 Å². The van der Waals surface area contributed by atoms with E-state index in [0.29, 0.717) is 18.6 Å². The molecule has 1 atom stereocenters. The summed E-state index contributed by atoms with van der Waals surface area (Å²) in [7, 11) is 1.99. The Bertz CT molecular complexity index is 488. The van der Waals surface area contributed by atoms with Crippen molar-refractivity contribution in [2.45, 2.75) is 37.7 Å². The van der Waals surface area contributed by atoms with Gasteiger partial charge < -0.3 is 15.0 Å². The lowest BCUT2D eigenvalue weighted by atomic mass is 9.93. The minimum Gasteiger partial charge on any atom is -0.377 e. The summed E-state index contributed by atoms with van der Waals surface area (Å²) in [5, 5.41) is 7.48. The Morgan fingerprint density at radius 1 is 1.41 bits per heavy atom. The van der Waals surface area contributed by atoms with Crippen LogP contribution in [0.3, 0.4) is 0 Å². The third kappa shape index (κ3) is 3.67. The summed E-state index contributed by atoms with van der Waals surface area (Å²) in [4.78, 5) is 14.2. The van der Waals surface area contributed by atoms with Crippen LogP contribution in [-0.4, -0.2) is 59.5 Å². The first-order valence-electron chi connectivity index (χ1n) is 8.32. The van der Waals surface area contributed by atoms with Crippen molar-refractivity contribution in [3.8, 4) is 0 Å². The van der Waals surface area contributed by atoms with Gasteiger partial charge in [-0.05, 0) is 31.7 Å². The Hall–Kier alpha value is -1.40. The minimum absolute atomic E-state index is 0.210. The zero-order valence-corrected chi connectivity index (χ0v) is 13.3. The number of carbonyl (C=O) groups is 1. The molecule has 1 N–H and O–H groups in total. The molecule has 2 aliphatic rings. The van der Waals surface area contributed by atoms with Gasteiger partial charge in [0.1, 0.15) is 0 Å². The van der Waals surface area contributed by atoms with Gasteiger partial charge in [0.15, 0.2) is 0 Å². The minimum atomic E-state index is 0.210. The fourth-order valence-electron chi connectivity index (χ4n) is 3.47. The number of likely N-dealkylation sites (tertiary alicyclic amines) is 1. The molecule has 0 aromatic carbocycles. The van der Waals surface area contributed by atoms with Crippen LogP contribution >= 0.6 is 0 Å². The van der Waals surface area contributed by atoms with E-state index in [4.69, 9.17) is 4.74 Å². The molecule has 22 heavy (non-hydrogen) atoms. The largest absolute Gasteiger partial charge is 0.377 e. The van der Waals surface area contributed by atoms with E-state index in [0.717, 1.165) is 51.9 Å². The van der Waals surface area contributed by atoms with Gasteiger partial charge in [-0.3, -0.25) is 9.48 Å². The number of carbonyl (C=O) groups excluding carboxylic acids is 1. The summed E-state index contributed by atoms with van der Waals surface area (Å²) in [5.41, 5.74) is 1.28. The molecule has 2 aliphatic heterocycles. The molecule has 0 bridgehead atoms. The first kappa shape index (κ1) is 15.5. The highest BCUT2D eigenvalue weighted by Gasteiger charge is 2.25. The number of hydrogen-bond acceptors (Lipinski definition) is 4. The van der Waals surface area contributed by atoms with Crippen LogP contribution in [0.15, 0.2) is 12.3 Å². The number of aryl methyl sites for hydroxylation is 1. The lowest BCUT2D eigenvalue weighted by Crippen LogP contribution is -2.43. The lowest BCUT2D eigenvalue weighted by Gasteiger charge is -2.32. The monoisotopic (exact) mass is 306 g/mol. The van der Waals surface area contributed by atoms with Crippen molar-refractivity contribution in [2.75, 3.05) is 32.8 Å². The van der Waals surface area contributed by atoms with Crippen molar-refractivity contribution in [1.29, 1.82) is 0 Å². The van der Waals surface area contributed by atoms with Gasteiger partial charge in [-0.15, -0.1) is 0 Å². The normalized spacial score (nSPS) is 23.1. The first-order chi connectivity index (χ1) is 10.7. The van der Waals surface area contributed by atoms with Crippen molar-refractivity contribution >= 4 is 5.91 Å². The van der Waals surface area contributed by atoms with Gasteiger partial charge in [0.25, 0.3) is 0 Å². The average molecular weight is 306 g/mol. The highest BCUT2D eigenvalue weighted by Crippen LogP contribution is 2.27. The van der Waals surface area contributed by atoms with E-state index in [1.807, 2.05) is 22.8 Å². The topological polar surface area (TPSA) is 59.4 Å². The molecule has 122 valence electrons. The maximum Gasteiger partial charge on any atom is 0.236 e. The molecule has 6 nitrogen and oxygen atoms in total. The number of ether oxygens (including phenoxy) is 1. The van der Waals surface area contributed by atoms with Crippen LogP contribution in [0.1, 0.15) is 37.3 Å². The van der Waals surface area contributed by atoms with Gasteiger partial charge in [-0.2, -0.15) is 5.10 Å². The third-order valence-corrected chi connectivity index (χ3v) is 4.80. The number of nitrogens with zero attached hydrogens (tertiary/aromatic N) is 3. The van der Waals surface area contributed by atoms with Crippen molar-refractivity contribution in [3.05, 3.63) is 18.0 Å². The van der Waals surface area contributed by atoms with Crippen molar-refractivity contribution in [1.82, 2.24) is 20.0 Å². The molecule has 2 saturated heterocycles. The molecule has 0 unspecified atom stereocenters. The molecule has 0 spiro atoms. The number of amides is 1. The number of hydrogen-bond donors (Lipinski definition) is 1. The second kappa shape index (κ2) is 7.24. The molecule has 0 saturated carbocycles. The predicted octanol–water partition coefficient (Wildman–Crippen LogP) is 0.895. The molecule has 0 aliphatic carbocycles. The van der Waals surface area contributed by atoms with Crippen LogP contribution < -0.4 is 5.32 Å². The van der Waals surface area contributed by atoms with Crippen molar-refractivity contribution < 1.29 is 9.53 Å². The van der Waals surface area contributed by atoms with E-state index in [-0.39, 0.29) is 5.91 Å². The lowest BCUT2D eigenvalue weighted by molar-refractivity contribution is -0.131. The second-order valence-corrected chi connectivity index (χ2v) is 6.30. The van der Waals surface area contributed by atoms with E-state index in [9.17, 15) is 4.79 Å². The Morgan fingerprint density at radius 3 is 2.86 bits per heavy atom. The van der Waals surface area contributed by atoms with Crippen molar-refractivity contribution in [2.24, 2.45) is 7.05 Å². The quantitative estimate of drug-likeness (QED) is 0.878. The summed E-state index contributed by atoms with van der Waals surface area (Å²) in [5.74, 6) is 0.734. The van der Waals surface area contributed by atoms with E-state index in [1.165, 1.54) is 5.69 Å². The molecular formula is C16H26N4O2. The molecule has 1 aromatic rings. The summed E-state index contributed by atoms with van der Waals surface area (Å²) >= 11 is 0. The fourth-order valence-corrected chi connectivity index (χ4v) is 3.47. The molecule has 3 rings (SSSR count). The average Bonchev–Trinajstić information content (AvgIpc) is 3.19. The molecule has 2 fully saturated rings. The number of nitrogens with one attached hydrogen (secondary N) is 1. The Morgan fingerprint density at radius 2 is 2.23 bits per heavy atom. The maximum atomic E-state index is 12.2. The molecule has 6 heteroatoms. The summed E-state index contributed by atoms with van der Waals surface area (Å²) < 4.78 is 7.50. The fraction of sp³-hybridized carbons (Fsp3) is 0.750. The summed E-state index contributed by atoms with van der Waals surface area (Å²) in [6.45, 7) is 3.77. The molecule has 1 aromatic heterocycles. The van der Waals surface area contributed by atoms with Crippen LogP contribution in [0.25, 0.3) is 0 Å². The Balaban J connectivity index is 1.39. The maximum absolute atomic E-state index is 12.2. The molecule has 3 heterocycles. The van der Waals surface area contributed by atoms with Crippen molar-refractivity contribution in [3.63, 3.8) is 0 Å². The van der Waals surface area contributed by atoms with Gasteiger partial charge in [-0.1, -0.05) is 0 Å². The standard InChI is InChI=1S/C16H26N4O2/c1-19-15(4-7-18-19)13-5-8-20(9-6-13)16(21)12-17-11-14-3-2-10-22-14/h4,7,13-14,17H,2-3,5-6,8-12H2,1H3/t14-/m1/s1. The van der Waals surface area contributed by atoms with Crippen LogP contribution in [0.2, 0.25) is 0 Å². The van der Waals surface area contributed by atoms with Gasteiger partial charge in [0.2, 0.25) is 5.91 Å². The predicted molar refractivity (Wildman–Crippen MR) is 83.6 cm³/mol. The van der Waals surface area contributed by atoms with Gasteiger partial charge in [-0.25, -0.2) is 0 Å². The zero-order valence-electron chi connectivity index (χ0n) is 13.3. The second-order valence-electron chi connectivity index (χ2n) is 6.30. The smallest absolute Gasteiger partial charge is 0.236 e. The first-order valence-corrected chi connectivity index (χ1v) is 8.32. The number of aromatic nitrogens is 2. The SMILES string of the molecule is Cn1nccc1C1CCN(C(=O)CNC[C@H]2CCCO2)CC1. The summed E-state index contributed by atoms with van der Waals surface area (Å²) in [6.07, 6.45) is 6.44. The highest BCUT2D eigenvalue weighted by molar-refractivity contribution is 5.78. The zero-order chi connectivity index (χ0) is 15.4. The van der Waals surface area contributed by atoms with Gasteiger partial charge in [0, 0.05) is 51.1 Å². The van der Waals surface area contributed by atoms with Crippen LogP contribution in [-0.2, 0) is 16.6 Å². The van der Waals surface area contributed by atoms with Gasteiger partial charge in [0.05, 0.1) is 12.6 Å². The van der Waals surface area contributed by atoms with E-state index < -0.39 is 0 Å². The van der Waals surface area contributed by atoms with Crippen LogP contribution in [0.5, 0.6) is 0 Å². The number of rotatable bonds is 5. The third-order valence-electron chi connectivity index (χ3n) is 4.80. The van der Waals surface area contributed by atoms with Crippen LogP contribution in [0.4, 0.5) is 0 Å². The molecular weight excluding hydrogens is 280 g/mol. The molecule has 1 amide bonds. The summed E-state index contributed by atoms with van der Waals surface area (Å²) in [6, 6.07) is 2.09. The highest BCUT2D eigenvalue weighted by atomic mass is 16.5. The Kier molecular flexibility index (Phi) is 5.10. The number of piperidine rings is 1.